The van der Waals surface area contributed by atoms with Gasteiger partial charge in [-0.3, -0.25) is 0 Å². The van der Waals surface area contributed by atoms with Gasteiger partial charge in [-0.2, -0.15) is 0 Å². The van der Waals surface area contributed by atoms with Crippen molar-refractivity contribution in [1.82, 2.24) is 4.98 Å². The van der Waals surface area contributed by atoms with Crippen LogP contribution in [0.4, 0.5) is 0 Å². The van der Waals surface area contributed by atoms with Crippen LogP contribution in [0.3, 0.4) is 0 Å². The number of halogens is 1. The first-order valence-electron chi connectivity index (χ1n) is 3.87. The predicted octanol–water partition coefficient (Wildman–Crippen LogP) is 3.13. The molecule has 1 heterocycles. The van der Waals surface area contributed by atoms with Crippen molar-refractivity contribution < 1.29 is 0 Å². The van der Waals surface area contributed by atoms with E-state index in [0.717, 1.165) is 5.56 Å². The van der Waals surface area contributed by atoms with Crippen LogP contribution in [-0.4, -0.2) is 4.98 Å². The Labute approximate surface area is 78.8 Å². The van der Waals surface area contributed by atoms with Gasteiger partial charge in [-0.25, -0.2) is 4.98 Å². The van der Waals surface area contributed by atoms with Crippen molar-refractivity contribution in [2.45, 2.75) is 20.8 Å². The lowest BCUT2D eigenvalue weighted by Crippen LogP contribution is -1.76. The molecule has 0 saturated heterocycles. The third kappa shape index (κ3) is 4.00. The summed E-state index contributed by atoms with van der Waals surface area (Å²) in [4.78, 5) is 3.86. The maximum Gasteiger partial charge on any atom is 0.129 e. The van der Waals surface area contributed by atoms with Crippen LogP contribution >= 0.6 is 11.6 Å². The second-order valence-electron chi connectivity index (χ2n) is 1.74. The van der Waals surface area contributed by atoms with E-state index in [2.05, 4.69) is 16.8 Å². The topological polar surface area (TPSA) is 12.9 Å². The monoisotopic (exact) mass is 181 g/mol. The normalized spacial score (nSPS) is 7.33. The van der Waals surface area contributed by atoms with Crippen molar-refractivity contribution >= 4 is 11.6 Å². The Morgan fingerprint density at radius 2 is 2.00 bits per heavy atom. The molecule has 0 aliphatic carbocycles. The first kappa shape index (κ1) is 11.0. The molecule has 0 unspecified atom stereocenters. The largest absolute Gasteiger partial charge is 0.243 e. The van der Waals surface area contributed by atoms with Gasteiger partial charge in [-0.05, 0) is 19.1 Å². The van der Waals surface area contributed by atoms with Crippen molar-refractivity contribution in [3.63, 3.8) is 0 Å². The summed E-state index contributed by atoms with van der Waals surface area (Å²) < 4.78 is 0. The van der Waals surface area contributed by atoms with Crippen molar-refractivity contribution in [2.24, 2.45) is 0 Å². The van der Waals surface area contributed by atoms with E-state index in [4.69, 9.17) is 11.6 Å². The highest BCUT2D eigenvalue weighted by molar-refractivity contribution is 6.29. The Bertz CT molecular complexity index is 266. The molecule has 1 nitrogen and oxygen atoms in total. The number of rotatable bonds is 0. The zero-order valence-electron chi connectivity index (χ0n) is 7.56. The van der Waals surface area contributed by atoms with E-state index in [0.29, 0.717) is 5.15 Å². The van der Waals surface area contributed by atoms with Gasteiger partial charge in [0.05, 0.1) is 0 Å². The second-order valence-corrected chi connectivity index (χ2v) is 2.13. The van der Waals surface area contributed by atoms with Gasteiger partial charge in [0.15, 0.2) is 0 Å². The predicted molar refractivity (Wildman–Crippen MR) is 53.1 cm³/mol. The third-order valence-electron chi connectivity index (χ3n) is 0.997. The summed E-state index contributed by atoms with van der Waals surface area (Å²) in [5.41, 5.74) is 0.895. The molecular weight excluding hydrogens is 170 g/mol. The highest BCUT2D eigenvalue weighted by Crippen LogP contribution is 2.03. The van der Waals surface area contributed by atoms with Gasteiger partial charge in [0.1, 0.15) is 5.15 Å². The van der Waals surface area contributed by atoms with E-state index in [9.17, 15) is 0 Å². The maximum atomic E-state index is 5.55. The zero-order chi connectivity index (χ0) is 9.40. The minimum Gasteiger partial charge on any atom is -0.243 e. The molecule has 0 fully saturated rings. The minimum atomic E-state index is 0.502. The van der Waals surface area contributed by atoms with Gasteiger partial charge >= 0.3 is 0 Å². The highest BCUT2D eigenvalue weighted by Gasteiger charge is 1.86. The van der Waals surface area contributed by atoms with Crippen LogP contribution in [0.1, 0.15) is 26.3 Å². The molecule has 0 radical (unpaired) electrons. The summed E-state index contributed by atoms with van der Waals surface area (Å²) in [6, 6.07) is 3.56. The summed E-state index contributed by atoms with van der Waals surface area (Å²) in [6.45, 7) is 5.79. The smallest absolute Gasteiger partial charge is 0.129 e. The number of hydrogen-bond acceptors (Lipinski definition) is 1. The van der Waals surface area contributed by atoms with E-state index in [1.807, 2.05) is 19.9 Å². The summed E-state index contributed by atoms with van der Waals surface area (Å²) in [5.74, 6) is 5.63. The van der Waals surface area contributed by atoms with Crippen molar-refractivity contribution in [1.29, 1.82) is 0 Å². The molecule has 12 heavy (non-hydrogen) atoms. The number of aromatic nitrogens is 1. The van der Waals surface area contributed by atoms with Crippen LogP contribution in [0.25, 0.3) is 0 Å². The fourth-order valence-corrected chi connectivity index (χ4v) is 0.706. The molecule has 0 atom stereocenters. The van der Waals surface area contributed by atoms with Gasteiger partial charge < -0.3 is 0 Å². The van der Waals surface area contributed by atoms with Crippen molar-refractivity contribution in [3.8, 4) is 11.8 Å². The summed E-state index contributed by atoms with van der Waals surface area (Å²) in [7, 11) is 0. The molecule has 1 aromatic rings. The van der Waals surface area contributed by atoms with Gasteiger partial charge in [0, 0.05) is 11.8 Å². The molecule has 0 amide bonds. The van der Waals surface area contributed by atoms with Crippen LogP contribution in [0.2, 0.25) is 5.15 Å². The van der Waals surface area contributed by atoms with Gasteiger partial charge in [0.2, 0.25) is 0 Å². The van der Waals surface area contributed by atoms with Gasteiger partial charge in [0.25, 0.3) is 0 Å². The number of pyridine rings is 1. The molecule has 0 spiro atoms. The molecule has 64 valence electrons. The van der Waals surface area contributed by atoms with E-state index >= 15 is 0 Å². The summed E-state index contributed by atoms with van der Waals surface area (Å²) in [6.07, 6.45) is 1.65. The van der Waals surface area contributed by atoms with Crippen molar-refractivity contribution in [3.05, 3.63) is 29.0 Å². The molecule has 0 aliphatic rings. The van der Waals surface area contributed by atoms with Crippen LogP contribution < -0.4 is 0 Å². The molecule has 0 N–H and O–H groups in total. The standard InChI is InChI=1S/C8H6ClN.C2H6/c1-2-3-7-4-5-8(9)10-6-7;1-2/h4-6H,1H3;1-2H3. The first-order valence-corrected chi connectivity index (χ1v) is 4.25. The van der Waals surface area contributed by atoms with E-state index in [1.165, 1.54) is 0 Å². The Hall–Kier alpha value is -1.00. The zero-order valence-corrected chi connectivity index (χ0v) is 8.31. The van der Waals surface area contributed by atoms with Crippen LogP contribution in [0.5, 0.6) is 0 Å². The highest BCUT2D eigenvalue weighted by atomic mass is 35.5. The van der Waals surface area contributed by atoms with E-state index in [-0.39, 0.29) is 0 Å². The van der Waals surface area contributed by atoms with Crippen LogP contribution in [0.15, 0.2) is 18.3 Å². The molecular formula is C10H12ClN. The van der Waals surface area contributed by atoms with Gasteiger partial charge in [-0.15, -0.1) is 5.92 Å². The fourth-order valence-electron chi connectivity index (χ4n) is 0.594. The average molecular weight is 182 g/mol. The summed E-state index contributed by atoms with van der Waals surface area (Å²) in [5, 5.41) is 0.502. The average Bonchev–Trinajstić information content (AvgIpc) is 2.13. The molecule has 1 rings (SSSR count). The lowest BCUT2D eigenvalue weighted by atomic mass is 10.3. The summed E-state index contributed by atoms with van der Waals surface area (Å²) >= 11 is 5.55. The van der Waals surface area contributed by atoms with E-state index in [1.54, 1.807) is 19.2 Å². The fraction of sp³-hybridized carbons (Fsp3) is 0.300. The Morgan fingerprint density at radius 1 is 1.33 bits per heavy atom. The molecule has 0 aromatic carbocycles. The Morgan fingerprint density at radius 3 is 2.42 bits per heavy atom. The second kappa shape index (κ2) is 6.69. The lowest BCUT2D eigenvalue weighted by Gasteiger charge is -1.87. The van der Waals surface area contributed by atoms with Gasteiger partial charge in [-0.1, -0.05) is 31.4 Å². The molecule has 2 heteroatoms. The van der Waals surface area contributed by atoms with Crippen LogP contribution in [0, 0.1) is 11.8 Å². The molecule has 0 bridgehead atoms. The third-order valence-corrected chi connectivity index (χ3v) is 1.22. The molecule has 1 aromatic heterocycles. The SMILES string of the molecule is CC.CC#Cc1ccc(Cl)nc1. The first-order chi connectivity index (χ1) is 5.83. The number of hydrogen-bond donors (Lipinski definition) is 0. The molecule has 0 saturated carbocycles. The molecule has 0 aliphatic heterocycles. The van der Waals surface area contributed by atoms with E-state index < -0.39 is 0 Å². The van der Waals surface area contributed by atoms with Crippen molar-refractivity contribution in [2.75, 3.05) is 0 Å². The number of nitrogens with zero attached hydrogens (tertiary/aromatic N) is 1. The Kier molecular flexibility index (Phi) is 6.14. The maximum absolute atomic E-state index is 5.55. The quantitative estimate of drug-likeness (QED) is 0.443. The van der Waals surface area contributed by atoms with Crippen LogP contribution in [-0.2, 0) is 0 Å². The lowest BCUT2D eigenvalue weighted by molar-refractivity contribution is 1.31. The minimum absolute atomic E-state index is 0.502. The Balaban J connectivity index is 0.000000561.